The normalized spacial score (nSPS) is 12.7. The van der Waals surface area contributed by atoms with E-state index in [0.29, 0.717) is 19.3 Å². The number of hydrogen-bond donors (Lipinski definition) is 0. The molecule has 0 saturated carbocycles. The fourth-order valence-electron chi connectivity index (χ4n) is 8.38. The molecular weight excluding hydrogens is 877 g/mol. The average molecular weight is 990 g/mol. The standard InChI is InChI=1S/C65H112O6/c1-4-7-10-13-16-19-22-25-27-29-31-32-34-35-37-40-43-46-49-52-55-58-64(67)70-61-62(60-69-63(66)57-54-51-48-45-42-39-24-21-18-15-12-9-6-3)71-65(68)59-56-53-50-47-44-41-38-36-33-30-28-26-23-20-17-14-11-8-5-2/h7,10,16,19,25-28,31-32,35,37,43,46,62H,4-6,8-9,11-15,17-18,20-24,29-30,33-34,36,38-42,44-45,47-61H2,1-3H3/b10-7-,19-16-,27-25-,28-26-,32-31-,37-35-,46-43-. The van der Waals surface area contributed by atoms with Crippen LogP contribution in [0, 0.1) is 0 Å². The van der Waals surface area contributed by atoms with Crippen molar-refractivity contribution in [3.63, 3.8) is 0 Å². The lowest BCUT2D eigenvalue weighted by atomic mass is 10.0. The van der Waals surface area contributed by atoms with E-state index < -0.39 is 6.10 Å². The van der Waals surface area contributed by atoms with Crippen LogP contribution in [-0.4, -0.2) is 37.2 Å². The largest absolute Gasteiger partial charge is 0.462 e. The number of allylic oxidation sites excluding steroid dienone is 14. The number of rotatable bonds is 54. The lowest BCUT2D eigenvalue weighted by molar-refractivity contribution is -0.167. The number of carbonyl (C=O) groups is 3. The molecule has 0 fully saturated rings. The Hall–Kier alpha value is -3.41. The third kappa shape index (κ3) is 57.4. The van der Waals surface area contributed by atoms with Crippen LogP contribution in [0.15, 0.2) is 85.1 Å². The Morgan fingerprint density at radius 2 is 0.549 bits per heavy atom. The molecule has 0 saturated heterocycles. The predicted molar refractivity (Wildman–Crippen MR) is 307 cm³/mol. The van der Waals surface area contributed by atoms with Crippen LogP contribution in [0.3, 0.4) is 0 Å². The minimum Gasteiger partial charge on any atom is -0.462 e. The lowest BCUT2D eigenvalue weighted by Gasteiger charge is -2.18. The summed E-state index contributed by atoms with van der Waals surface area (Å²) in [5.41, 5.74) is 0. The quantitative estimate of drug-likeness (QED) is 0.0261. The van der Waals surface area contributed by atoms with Crippen LogP contribution >= 0.6 is 0 Å². The molecule has 0 amide bonds. The molecule has 0 aliphatic carbocycles. The first-order valence-corrected chi connectivity index (χ1v) is 30.1. The molecule has 408 valence electrons. The Kier molecular flexibility index (Phi) is 56.3. The van der Waals surface area contributed by atoms with Gasteiger partial charge in [-0.1, -0.05) is 260 Å². The molecule has 6 heteroatoms. The van der Waals surface area contributed by atoms with Crippen LogP contribution in [0.5, 0.6) is 0 Å². The lowest BCUT2D eigenvalue weighted by Crippen LogP contribution is -2.30. The number of hydrogen-bond acceptors (Lipinski definition) is 6. The molecule has 0 aliphatic rings. The van der Waals surface area contributed by atoms with Gasteiger partial charge in [0.2, 0.25) is 0 Å². The van der Waals surface area contributed by atoms with E-state index in [-0.39, 0.29) is 31.1 Å². The van der Waals surface area contributed by atoms with E-state index >= 15 is 0 Å². The first-order valence-electron chi connectivity index (χ1n) is 30.1. The minimum absolute atomic E-state index is 0.0888. The van der Waals surface area contributed by atoms with Gasteiger partial charge in [-0.2, -0.15) is 0 Å². The fraction of sp³-hybridized carbons (Fsp3) is 0.738. The number of esters is 3. The summed E-state index contributed by atoms with van der Waals surface area (Å²) in [5.74, 6) is -0.927. The zero-order valence-corrected chi connectivity index (χ0v) is 46.7. The van der Waals surface area contributed by atoms with E-state index in [0.717, 1.165) is 96.3 Å². The highest BCUT2D eigenvalue weighted by molar-refractivity contribution is 5.71. The molecule has 0 heterocycles. The average Bonchev–Trinajstić information content (AvgIpc) is 3.37. The van der Waals surface area contributed by atoms with Crippen molar-refractivity contribution in [1.82, 2.24) is 0 Å². The van der Waals surface area contributed by atoms with E-state index in [1.54, 1.807) is 0 Å². The van der Waals surface area contributed by atoms with Crippen LogP contribution in [0.25, 0.3) is 0 Å². The first-order chi connectivity index (χ1) is 35.0. The van der Waals surface area contributed by atoms with Gasteiger partial charge in [0.1, 0.15) is 13.2 Å². The van der Waals surface area contributed by atoms with Gasteiger partial charge in [-0.05, 0) is 96.3 Å². The highest BCUT2D eigenvalue weighted by atomic mass is 16.6. The van der Waals surface area contributed by atoms with E-state index in [1.807, 2.05) is 0 Å². The maximum atomic E-state index is 12.9. The van der Waals surface area contributed by atoms with Crippen LogP contribution in [0.2, 0.25) is 0 Å². The maximum Gasteiger partial charge on any atom is 0.306 e. The molecule has 1 unspecified atom stereocenters. The van der Waals surface area contributed by atoms with Crippen molar-refractivity contribution in [1.29, 1.82) is 0 Å². The third-order valence-electron chi connectivity index (χ3n) is 12.9. The summed E-state index contributed by atoms with van der Waals surface area (Å²) < 4.78 is 16.9. The van der Waals surface area contributed by atoms with Crippen molar-refractivity contribution < 1.29 is 28.6 Å². The van der Waals surface area contributed by atoms with Crippen LogP contribution in [0.1, 0.15) is 290 Å². The smallest absolute Gasteiger partial charge is 0.306 e. The Bertz CT molecular complexity index is 1370. The van der Waals surface area contributed by atoms with Gasteiger partial charge in [0, 0.05) is 19.3 Å². The van der Waals surface area contributed by atoms with Crippen LogP contribution in [0.4, 0.5) is 0 Å². The Morgan fingerprint density at radius 1 is 0.296 bits per heavy atom. The molecule has 0 bridgehead atoms. The van der Waals surface area contributed by atoms with Crippen molar-refractivity contribution in [3.8, 4) is 0 Å². The van der Waals surface area contributed by atoms with Gasteiger partial charge in [0.05, 0.1) is 0 Å². The topological polar surface area (TPSA) is 78.9 Å². The summed E-state index contributed by atoms with van der Waals surface area (Å²) in [6, 6.07) is 0. The molecule has 0 N–H and O–H groups in total. The second kappa shape index (κ2) is 59.2. The Balaban J connectivity index is 4.43. The summed E-state index contributed by atoms with van der Waals surface area (Å²) >= 11 is 0. The molecule has 0 spiro atoms. The van der Waals surface area contributed by atoms with Gasteiger partial charge in [0.15, 0.2) is 6.10 Å². The maximum absolute atomic E-state index is 12.9. The summed E-state index contributed by atoms with van der Waals surface area (Å²) in [6.07, 6.45) is 77.2. The van der Waals surface area contributed by atoms with Crippen molar-refractivity contribution >= 4 is 17.9 Å². The molecular formula is C65H112O6. The van der Waals surface area contributed by atoms with Gasteiger partial charge in [-0.25, -0.2) is 0 Å². The van der Waals surface area contributed by atoms with Gasteiger partial charge in [-0.15, -0.1) is 0 Å². The van der Waals surface area contributed by atoms with Gasteiger partial charge in [-0.3, -0.25) is 14.4 Å². The van der Waals surface area contributed by atoms with Crippen LogP contribution < -0.4 is 0 Å². The van der Waals surface area contributed by atoms with Crippen molar-refractivity contribution in [2.75, 3.05) is 13.2 Å². The first kappa shape index (κ1) is 67.6. The predicted octanol–water partition coefficient (Wildman–Crippen LogP) is 20.3. The number of carbonyl (C=O) groups excluding carboxylic acids is 3. The monoisotopic (exact) mass is 989 g/mol. The summed E-state index contributed by atoms with van der Waals surface area (Å²) in [5, 5.41) is 0. The SMILES string of the molecule is CC/C=C\C/C=C\C/C=C\C/C=C\C/C=C\C/C=C\CCCCC(=O)OCC(COC(=O)CCCCCCCCCCCCCCC)OC(=O)CCCCCCCCCCC/C=C\CCCCCCCC. The zero-order valence-electron chi connectivity index (χ0n) is 46.7. The zero-order chi connectivity index (χ0) is 51.4. The van der Waals surface area contributed by atoms with E-state index in [9.17, 15) is 14.4 Å². The van der Waals surface area contributed by atoms with Crippen molar-refractivity contribution in [2.45, 2.75) is 297 Å². The Morgan fingerprint density at radius 3 is 0.901 bits per heavy atom. The molecule has 0 aromatic carbocycles. The second-order valence-corrected chi connectivity index (χ2v) is 19.9. The Labute approximate surface area is 439 Å². The minimum atomic E-state index is -0.795. The van der Waals surface area contributed by atoms with Crippen molar-refractivity contribution in [3.05, 3.63) is 85.1 Å². The summed E-state index contributed by atoms with van der Waals surface area (Å²) in [6.45, 7) is 6.51. The molecule has 0 radical (unpaired) electrons. The van der Waals surface area contributed by atoms with Crippen molar-refractivity contribution in [2.24, 2.45) is 0 Å². The summed E-state index contributed by atoms with van der Waals surface area (Å²) in [7, 11) is 0. The molecule has 0 aromatic heterocycles. The highest BCUT2D eigenvalue weighted by Crippen LogP contribution is 2.16. The molecule has 0 rings (SSSR count). The van der Waals surface area contributed by atoms with E-state index in [4.69, 9.17) is 14.2 Å². The van der Waals surface area contributed by atoms with Gasteiger partial charge in [0.25, 0.3) is 0 Å². The molecule has 0 aromatic rings. The van der Waals surface area contributed by atoms with Gasteiger partial charge >= 0.3 is 17.9 Å². The van der Waals surface area contributed by atoms with Crippen LogP contribution in [-0.2, 0) is 28.6 Å². The highest BCUT2D eigenvalue weighted by Gasteiger charge is 2.19. The third-order valence-corrected chi connectivity index (χ3v) is 12.9. The second-order valence-electron chi connectivity index (χ2n) is 19.9. The van der Waals surface area contributed by atoms with Gasteiger partial charge < -0.3 is 14.2 Å². The molecule has 0 aliphatic heterocycles. The summed E-state index contributed by atoms with van der Waals surface area (Å²) in [4.78, 5) is 38.2. The number of ether oxygens (including phenoxy) is 3. The number of unbranched alkanes of at least 4 members (excludes halogenated alkanes) is 29. The molecule has 6 nitrogen and oxygen atoms in total. The fourth-order valence-corrected chi connectivity index (χ4v) is 8.38. The van der Waals surface area contributed by atoms with E-state index in [1.165, 1.54) is 154 Å². The van der Waals surface area contributed by atoms with E-state index in [2.05, 4.69) is 106 Å². The molecule has 1 atom stereocenters. The molecule has 71 heavy (non-hydrogen) atoms.